The zero-order chi connectivity index (χ0) is 42.0. The molecule has 0 aromatic rings. The van der Waals surface area contributed by atoms with Crippen LogP contribution in [0, 0.1) is 5.92 Å². The molecule has 2 saturated heterocycles. The molecule has 312 valence electrons. The molecular formula is C36H58N4O14S. The van der Waals surface area contributed by atoms with Crippen molar-refractivity contribution in [2.45, 2.75) is 155 Å². The SMILES string of the molecule is CC(=O)N[C@@H]1[C@@H](OC(C)=O)[C@@H](OC(C)=O)[C@@H](COC(C)=O)O[C@@H]1SC[C@H](NC(=O)OC(C)(C)C)C(=O)N[C@H](C(=O)N1CCC[C@H]1C(=O)OC(C)(C)C)C(C)C. The van der Waals surface area contributed by atoms with E-state index < -0.39 is 119 Å². The number of esters is 4. The second-order valence-electron chi connectivity index (χ2n) is 15.7. The van der Waals surface area contributed by atoms with Gasteiger partial charge < -0.3 is 49.3 Å². The van der Waals surface area contributed by atoms with Crippen LogP contribution in [-0.4, -0.2) is 131 Å². The maximum absolute atomic E-state index is 14.1. The van der Waals surface area contributed by atoms with Gasteiger partial charge in [0.2, 0.25) is 17.7 Å². The monoisotopic (exact) mass is 802 g/mol. The summed E-state index contributed by atoms with van der Waals surface area (Å²) in [5.41, 5.74) is -2.88. The number of alkyl carbamates (subject to hydrolysis) is 1. The lowest BCUT2D eigenvalue weighted by Gasteiger charge is -2.45. The summed E-state index contributed by atoms with van der Waals surface area (Å²) in [5, 5.41) is 7.95. The number of nitrogens with one attached hydrogen (secondary N) is 3. The number of carbonyl (C=O) groups is 8. The molecule has 2 aliphatic heterocycles. The van der Waals surface area contributed by atoms with Gasteiger partial charge in [-0.1, -0.05) is 13.8 Å². The molecule has 0 aromatic heterocycles. The predicted octanol–water partition coefficient (Wildman–Crippen LogP) is 1.74. The fraction of sp³-hybridized carbons (Fsp3) is 0.778. The molecule has 18 nitrogen and oxygen atoms in total. The molecule has 0 saturated carbocycles. The fourth-order valence-electron chi connectivity index (χ4n) is 5.85. The molecule has 2 fully saturated rings. The summed E-state index contributed by atoms with van der Waals surface area (Å²) in [7, 11) is 0. The Morgan fingerprint density at radius 1 is 0.818 bits per heavy atom. The summed E-state index contributed by atoms with van der Waals surface area (Å²) in [4.78, 5) is 104. The Balaban J connectivity index is 2.49. The van der Waals surface area contributed by atoms with Crippen molar-refractivity contribution >= 4 is 59.5 Å². The molecule has 2 rings (SSSR count). The van der Waals surface area contributed by atoms with Crippen LogP contribution in [0.5, 0.6) is 0 Å². The average Bonchev–Trinajstić information content (AvgIpc) is 3.51. The Morgan fingerprint density at radius 2 is 1.40 bits per heavy atom. The molecule has 0 aliphatic carbocycles. The Bertz CT molecular complexity index is 1430. The molecule has 0 aromatic carbocycles. The van der Waals surface area contributed by atoms with Crippen molar-refractivity contribution in [2.75, 3.05) is 18.9 Å². The second kappa shape index (κ2) is 20.2. The lowest BCUT2D eigenvalue weighted by Crippen LogP contribution is -2.65. The standard InChI is InChI=1S/C36H58N4O14S/c1-18(2)26(31(46)40-15-13-14-24(40)32(47)53-35(7,8)9)39-30(45)23(38-34(48)54-36(10,11)12)17-55-33-27(37-19(3)41)29(51-22(6)44)28(50-21(5)43)25(52-33)16-49-20(4)42/h18,23-29,33H,13-17H2,1-12H3,(H,37,41)(H,38,48)(H,39,45)/t23-,24-,25+,26-,27+,28-,29+,33+/m0/s1. The highest BCUT2D eigenvalue weighted by molar-refractivity contribution is 7.99. The van der Waals surface area contributed by atoms with Crippen molar-refractivity contribution < 1.29 is 66.8 Å². The quantitative estimate of drug-likeness (QED) is 0.168. The molecule has 2 heterocycles. The van der Waals surface area contributed by atoms with Gasteiger partial charge in [0, 0.05) is 40.0 Å². The van der Waals surface area contributed by atoms with Crippen LogP contribution in [0.25, 0.3) is 0 Å². The highest BCUT2D eigenvalue weighted by atomic mass is 32.2. The second-order valence-corrected chi connectivity index (χ2v) is 16.8. The van der Waals surface area contributed by atoms with E-state index >= 15 is 0 Å². The number of hydrogen-bond donors (Lipinski definition) is 3. The zero-order valence-corrected chi connectivity index (χ0v) is 34.6. The van der Waals surface area contributed by atoms with Crippen molar-refractivity contribution in [1.29, 1.82) is 0 Å². The van der Waals surface area contributed by atoms with E-state index in [0.717, 1.165) is 32.5 Å². The van der Waals surface area contributed by atoms with Crippen LogP contribution in [0.4, 0.5) is 4.79 Å². The van der Waals surface area contributed by atoms with Gasteiger partial charge in [0.15, 0.2) is 12.2 Å². The van der Waals surface area contributed by atoms with Gasteiger partial charge in [-0.2, -0.15) is 0 Å². The van der Waals surface area contributed by atoms with Crippen molar-refractivity contribution in [3.05, 3.63) is 0 Å². The van der Waals surface area contributed by atoms with Crippen LogP contribution in [0.15, 0.2) is 0 Å². The predicted molar refractivity (Wildman–Crippen MR) is 197 cm³/mol. The molecule has 4 amide bonds. The molecule has 0 bridgehead atoms. The van der Waals surface area contributed by atoms with Crippen LogP contribution in [0.1, 0.15) is 95.9 Å². The first-order chi connectivity index (χ1) is 25.3. The number of amides is 4. The van der Waals surface area contributed by atoms with Crippen molar-refractivity contribution in [2.24, 2.45) is 5.92 Å². The van der Waals surface area contributed by atoms with E-state index in [1.165, 1.54) is 11.8 Å². The van der Waals surface area contributed by atoms with Gasteiger partial charge in [0.1, 0.15) is 53.5 Å². The van der Waals surface area contributed by atoms with Crippen LogP contribution in [0.3, 0.4) is 0 Å². The highest BCUT2D eigenvalue weighted by Gasteiger charge is 2.51. The third-order valence-corrected chi connectivity index (χ3v) is 9.21. The van der Waals surface area contributed by atoms with E-state index in [1.807, 2.05) is 0 Å². The van der Waals surface area contributed by atoms with Crippen LogP contribution < -0.4 is 16.0 Å². The number of carbonyl (C=O) groups excluding carboxylic acids is 8. The van der Waals surface area contributed by atoms with Gasteiger partial charge in [0.25, 0.3) is 0 Å². The zero-order valence-electron chi connectivity index (χ0n) is 33.8. The molecule has 19 heteroatoms. The summed E-state index contributed by atoms with van der Waals surface area (Å²) in [5.74, 6) is -5.36. The van der Waals surface area contributed by atoms with E-state index in [9.17, 15) is 38.4 Å². The minimum absolute atomic E-state index is 0.264. The van der Waals surface area contributed by atoms with Crippen molar-refractivity contribution in [3.63, 3.8) is 0 Å². The normalized spacial score (nSPS) is 23.8. The summed E-state index contributed by atoms with van der Waals surface area (Å²) < 4.78 is 33.4. The lowest BCUT2D eigenvalue weighted by atomic mass is 9.97. The van der Waals surface area contributed by atoms with E-state index in [-0.39, 0.29) is 12.3 Å². The summed E-state index contributed by atoms with van der Waals surface area (Å²) >= 11 is 0.915. The van der Waals surface area contributed by atoms with E-state index in [0.29, 0.717) is 12.8 Å². The Morgan fingerprint density at radius 3 is 1.91 bits per heavy atom. The number of likely N-dealkylation sites (tertiary alicyclic amines) is 1. The van der Waals surface area contributed by atoms with Crippen molar-refractivity contribution in [3.8, 4) is 0 Å². The first kappa shape index (κ1) is 47.0. The van der Waals surface area contributed by atoms with Gasteiger partial charge >= 0.3 is 30.0 Å². The maximum Gasteiger partial charge on any atom is 0.408 e. The van der Waals surface area contributed by atoms with Gasteiger partial charge in [-0.25, -0.2) is 9.59 Å². The van der Waals surface area contributed by atoms with E-state index in [2.05, 4.69) is 16.0 Å². The molecule has 8 atom stereocenters. The minimum Gasteiger partial charge on any atom is -0.463 e. The summed E-state index contributed by atoms with van der Waals surface area (Å²) in [6, 6.07) is -4.53. The summed E-state index contributed by atoms with van der Waals surface area (Å²) in [6.07, 6.45) is -3.89. The molecule has 0 spiro atoms. The Labute approximate surface area is 326 Å². The van der Waals surface area contributed by atoms with Crippen LogP contribution in [0.2, 0.25) is 0 Å². The molecule has 0 radical (unpaired) electrons. The highest BCUT2D eigenvalue weighted by Crippen LogP contribution is 2.33. The number of rotatable bonds is 14. The molecule has 2 aliphatic rings. The molecule has 55 heavy (non-hydrogen) atoms. The lowest BCUT2D eigenvalue weighted by molar-refractivity contribution is -0.211. The third-order valence-electron chi connectivity index (χ3n) is 7.95. The number of ether oxygens (including phenoxy) is 6. The Hall–Kier alpha value is -4.13. The first-order valence-electron chi connectivity index (χ1n) is 18.1. The number of thioether (sulfide) groups is 1. The van der Waals surface area contributed by atoms with E-state index in [1.54, 1.807) is 55.4 Å². The van der Waals surface area contributed by atoms with Crippen molar-refractivity contribution in [1.82, 2.24) is 20.9 Å². The largest absolute Gasteiger partial charge is 0.463 e. The number of nitrogens with zero attached hydrogens (tertiary/aromatic N) is 1. The van der Waals surface area contributed by atoms with Gasteiger partial charge in [-0.05, 0) is 60.3 Å². The average molecular weight is 803 g/mol. The van der Waals surface area contributed by atoms with Gasteiger partial charge in [-0.3, -0.25) is 28.8 Å². The molecule has 0 unspecified atom stereocenters. The number of hydrogen-bond acceptors (Lipinski definition) is 15. The maximum atomic E-state index is 14.1. The van der Waals surface area contributed by atoms with Crippen LogP contribution >= 0.6 is 11.8 Å². The van der Waals surface area contributed by atoms with E-state index in [4.69, 9.17) is 28.4 Å². The Kier molecular flexibility index (Phi) is 17.2. The smallest absolute Gasteiger partial charge is 0.408 e. The van der Waals surface area contributed by atoms with Gasteiger partial charge in [-0.15, -0.1) is 11.8 Å². The third kappa shape index (κ3) is 15.5. The minimum atomic E-state index is -1.39. The molecular weight excluding hydrogens is 744 g/mol. The molecule has 3 N–H and O–H groups in total. The first-order valence-corrected chi connectivity index (χ1v) is 19.2. The van der Waals surface area contributed by atoms with Gasteiger partial charge in [0.05, 0.1) is 0 Å². The van der Waals surface area contributed by atoms with Crippen LogP contribution in [-0.2, 0) is 62.0 Å². The summed E-state index contributed by atoms with van der Waals surface area (Å²) in [6.45, 7) is 17.9. The topological polar surface area (TPSA) is 231 Å². The fourth-order valence-corrected chi connectivity index (χ4v) is 7.12.